The van der Waals surface area contributed by atoms with Crippen LogP contribution in [0, 0.1) is 6.92 Å². The lowest BCUT2D eigenvalue weighted by Crippen LogP contribution is -2.35. The SMILES string of the molecule is Cc1ccc(C(=O)NCCNC(=O)Cc2cccs2)cc1. The molecule has 1 aromatic heterocycles. The zero-order chi connectivity index (χ0) is 15.1. The van der Waals surface area contributed by atoms with E-state index in [1.54, 1.807) is 23.5 Å². The fourth-order valence-electron chi connectivity index (χ4n) is 1.82. The van der Waals surface area contributed by atoms with Gasteiger partial charge in [0.2, 0.25) is 5.91 Å². The third-order valence-electron chi connectivity index (χ3n) is 2.96. The molecule has 0 spiro atoms. The van der Waals surface area contributed by atoms with Crippen LogP contribution in [0.2, 0.25) is 0 Å². The van der Waals surface area contributed by atoms with Crippen molar-refractivity contribution >= 4 is 23.2 Å². The summed E-state index contributed by atoms with van der Waals surface area (Å²) in [5.74, 6) is -0.149. The third-order valence-corrected chi connectivity index (χ3v) is 3.84. The summed E-state index contributed by atoms with van der Waals surface area (Å²) in [6, 6.07) is 11.2. The Labute approximate surface area is 128 Å². The minimum absolute atomic E-state index is 0.0259. The van der Waals surface area contributed by atoms with Gasteiger partial charge in [0, 0.05) is 23.5 Å². The number of aryl methyl sites for hydroxylation is 1. The molecule has 0 unspecified atom stereocenters. The smallest absolute Gasteiger partial charge is 0.251 e. The minimum atomic E-state index is -0.123. The zero-order valence-electron chi connectivity index (χ0n) is 11.9. The Balaban J connectivity index is 1.66. The first kappa shape index (κ1) is 15.3. The van der Waals surface area contributed by atoms with Crippen LogP contribution in [0.5, 0.6) is 0 Å². The number of benzene rings is 1. The lowest BCUT2D eigenvalue weighted by molar-refractivity contribution is -0.120. The number of amides is 2. The van der Waals surface area contributed by atoms with Crippen LogP contribution in [0.3, 0.4) is 0 Å². The molecule has 0 aliphatic carbocycles. The number of hydrogen-bond acceptors (Lipinski definition) is 3. The fraction of sp³-hybridized carbons (Fsp3) is 0.250. The number of rotatable bonds is 6. The molecule has 5 heteroatoms. The maximum absolute atomic E-state index is 11.8. The van der Waals surface area contributed by atoms with E-state index in [0.29, 0.717) is 25.1 Å². The van der Waals surface area contributed by atoms with Crippen molar-refractivity contribution in [2.75, 3.05) is 13.1 Å². The maximum Gasteiger partial charge on any atom is 0.251 e. The molecule has 0 saturated carbocycles. The molecule has 21 heavy (non-hydrogen) atoms. The highest BCUT2D eigenvalue weighted by Gasteiger charge is 2.05. The van der Waals surface area contributed by atoms with E-state index in [1.807, 2.05) is 36.6 Å². The Morgan fingerprint density at radius 3 is 2.43 bits per heavy atom. The number of carbonyl (C=O) groups excluding carboxylic acids is 2. The second kappa shape index (κ2) is 7.59. The van der Waals surface area contributed by atoms with Crippen molar-refractivity contribution in [1.82, 2.24) is 10.6 Å². The van der Waals surface area contributed by atoms with E-state index in [9.17, 15) is 9.59 Å². The van der Waals surface area contributed by atoms with Gasteiger partial charge in [0.1, 0.15) is 0 Å². The van der Waals surface area contributed by atoms with E-state index in [2.05, 4.69) is 10.6 Å². The predicted molar refractivity (Wildman–Crippen MR) is 84.5 cm³/mol. The van der Waals surface area contributed by atoms with Gasteiger partial charge in [0.15, 0.2) is 0 Å². The van der Waals surface area contributed by atoms with Gasteiger partial charge in [0.05, 0.1) is 6.42 Å². The quantitative estimate of drug-likeness (QED) is 0.803. The molecule has 0 fully saturated rings. The second-order valence-corrected chi connectivity index (χ2v) is 5.76. The molecule has 0 aliphatic heterocycles. The molecule has 2 amide bonds. The van der Waals surface area contributed by atoms with Crippen LogP contribution < -0.4 is 10.6 Å². The van der Waals surface area contributed by atoms with E-state index >= 15 is 0 Å². The predicted octanol–water partition coefficient (Wildman–Crippen LogP) is 2.15. The number of nitrogens with one attached hydrogen (secondary N) is 2. The normalized spacial score (nSPS) is 10.1. The lowest BCUT2D eigenvalue weighted by Gasteiger charge is -2.07. The van der Waals surface area contributed by atoms with Crippen LogP contribution in [0.1, 0.15) is 20.8 Å². The first-order chi connectivity index (χ1) is 10.1. The van der Waals surface area contributed by atoms with Gasteiger partial charge < -0.3 is 10.6 Å². The van der Waals surface area contributed by atoms with Gasteiger partial charge in [0.25, 0.3) is 5.91 Å². The van der Waals surface area contributed by atoms with Gasteiger partial charge >= 0.3 is 0 Å². The largest absolute Gasteiger partial charge is 0.354 e. The molecule has 0 saturated heterocycles. The molecular weight excluding hydrogens is 284 g/mol. The van der Waals surface area contributed by atoms with Crippen LogP contribution >= 0.6 is 11.3 Å². The standard InChI is InChI=1S/C16H18N2O2S/c1-12-4-6-13(7-5-12)16(20)18-9-8-17-15(19)11-14-3-2-10-21-14/h2-7,10H,8-9,11H2,1H3,(H,17,19)(H,18,20). The Hall–Kier alpha value is -2.14. The molecule has 110 valence electrons. The average molecular weight is 302 g/mol. The molecule has 1 aromatic carbocycles. The summed E-state index contributed by atoms with van der Waals surface area (Å²) >= 11 is 1.56. The fourth-order valence-corrected chi connectivity index (χ4v) is 2.52. The summed E-state index contributed by atoms with van der Waals surface area (Å²) in [5, 5.41) is 7.52. The van der Waals surface area contributed by atoms with Gasteiger partial charge in [-0.05, 0) is 30.5 Å². The van der Waals surface area contributed by atoms with E-state index in [-0.39, 0.29) is 11.8 Å². The molecule has 0 atom stereocenters. The average Bonchev–Trinajstić information content (AvgIpc) is 2.97. The summed E-state index contributed by atoms with van der Waals surface area (Å²) in [4.78, 5) is 24.5. The number of carbonyl (C=O) groups is 2. The molecule has 0 radical (unpaired) electrons. The highest BCUT2D eigenvalue weighted by atomic mass is 32.1. The van der Waals surface area contributed by atoms with E-state index < -0.39 is 0 Å². The first-order valence-corrected chi connectivity index (χ1v) is 7.67. The molecule has 0 bridgehead atoms. The molecule has 1 heterocycles. The van der Waals surface area contributed by atoms with Crippen LogP contribution in [0.4, 0.5) is 0 Å². The Morgan fingerprint density at radius 2 is 1.76 bits per heavy atom. The Kier molecular flexibility index (Phi) is 5.51. The summed E-state index contributed by atoms with van der Waals surface area (Å²) in [7, 11) is 0. The van der Waals surface area contributed by atoms with Crippen molar-refractivity contribution in [1.29, 1.82) is 0 Å². The van der Waals surface area contributed by atoms with E-state index in [1.165, 1.54) is 0 Å². The second-order valence-electron chi connectivity index (χ2n) is 4.73. The van der Waals surface area contributed by atoms with Gasteiger partial charge in [-0.15, -0.1) is 11.3 Å². The Bertz CT molecular complexity index is 591. The summed E-state index contributed by atoms with van der Waals surface area (Å²) in [6.45, 7) is 2.83. The van der Waals surface area contributed by atoms with Crippen molar-refractivity contribution in [3.63, 3.8) is 0 Å². The van der Waals surface area contributed by atoms with Crippen molar-refractivity contribution < 1.29 is 9.59 Å². The molecule has 2 aromatic rings. The maximum atomic E-state index is 11.8. The van der Waals surface area contributed by atoms with Crippen molar-refractivity contribution in [2.24, 2.45) is 0 Å². The first-order valence-electron chi connectivity index (χ1n) is 6.79. The molecule has 4 nitrogen and oxygen atoms in total. The van der Waals surface area contributed by atoms with E-state index in [0.717, 1.165) is 10.4 Å². The highest BCUT2D eigenvalue weighted by Crippen LogP contribution is 2.08. The van der Waals surface area contributed by atoms with Crippen molar-refractivity contribution in [3.8, 4) is 0 Å². The molecule has 2 rings (SSSR count). The summed E-state index contributed by atoms with van der Waals surface area (Å²) in [5.41, 5.74) is 1.75. The molecular formula is C16H18N2O2S. The van der Waals surface area contributed by atoms with Crippen LogP contribution in [0.15, 0.2) is 41.8 Å². The van der Waals surface area contributed by atoms with Gasteiger partial charge in [-0.2, -0.15) is 0 Å². The number of thiophene rings is 1. The summed E-state index contributed by atoms with van der Waals surface area (Å²) in [6.07, 6.45) is 0.392. The van der Waals surface area contributed by atoms with Gasteiger partial charge in [-0.3, -0.25) is 9.59 Å². The topological polar surface area (TPSA) is 58.2 Å². The molecule has 2 N–H and O–H groups in total. The van der Waals surface area contributed by atoms with Crippen LogP contribution in [-0.4, -0.2) is 24.9 Å². The third kappa shape index (κ3) is 5.04. The lowest BCUT2D eigenvalue weighted by atomic mass is 10.1. The van der Waals surface area contributed by atoms with Crippen molar-refractivity contribution in [3.05, 3.63) is 57.8 Å². The zero-order valence-corrected chi connectivity index (χ0v) is 12.7. The van der Waals surface area contributed by atoms with Gasteiger partial charge in [-0.1, -0.05) is 23.8 Å². The summed E-state index contributed by atoms with van der Waals surface area (Å²) < 4.78 is 0. The van der Waals surface area contributed by atoms with Crippen LogP contribution in [0.25, 0.3) is 0 Å². The van der Waals surface area contributed by atoms with Gasteiger partial charge in [-0.25, -0.2) is 0 Å². The van der Waals surface area contributed by atoms with Crippen molar-refractivity contribution in [2.45, 2.75) is 13.3 Å². The van der Waals surface area contributed by atoms with E-state index in [4.69, 9.17) is 0 Å². The molecule has 0 aliphatic rings. The minimum Gasteiger partial charge on any atom is -0.354 e. The number of hydrogen-bond donors (Lipinski definition) is 2. The van der Waals surface area contributed by atoms with Crippen LogP contribution in [-0.2, 0) is 11.2 Å². The monoisotopic (exact) mass is 302 g/mol. The highest BCUT2D eigenvalue weighted by molar-refractivity contribution is 7.10. The Morgan fingerprint density at radius 1 is 1.05 bits per heavy atom.